The highest BCUT2D eigenvalue weighted by Crippen LogP contribution is 2.34. The number of nitrogens with one attached hydrogen (secondary N) is 2. The predicted molar refractivity (Wildman–Crippen MR) is 117 cm³/mol. The van der Waals surface area contributed by atoms with Crippen molar-refractivity contribution in [1.29, 1.82) is 0 Å². The molecule has 1 amide bonds. The molecule has 27 heavy (non-hydrogen) atoms. The fourth-order valence-corrected chi connectivity index (χ4v) is 5.14. The van der Waals surface area contributed by atoms with Crippen LogP contribution >= 0.6 is 34.4 Å². The van der Waals surface area contributed by atoms with E-state index >= 15 is 0 Å². The Bertz CT molecular complexity index is 960. The third kappa shape index (κ3) is 5.00. The highest BCUT2D eigenvalue weighted by Gasteiger charge is 2.17. The SMILES string of the molecule is CC(C)CCNC(=O)CS[C@H](C)c1nc2scc(-c3cccs3)c2c(=O)[nH]1. The quantitative estimate of drug-likeness (QED) is 0.554. The number of carbonyl (C=O) groups excluding carboxylic acids is 1. The first-order chi connectivity index (χ1) is 13.0. The van der Waals surface area contributed by atoms with E-state index in [1.165, 1.54) is 23.1 Å². The van der Waals surface area contributed by atoms with Crippen LogP contribution in [0.1, 0.15) is 38.3 Å². The number of hydrogen-bond acceptors (Lipinski definition) is 6. The van der Waals surface area contributed by atoms with E-state index in [2.05, 4.69) is 29.1 Å². The number of aromatic amines is 1. The van der Waals surface area contributed by atoms with Crippen LogP contribution in [-0.4, -0.2) is 28.2 Å². The molecule has 3 heterocycles. The summed E-state index contributed by atoms with van der Waals surface area (Å²) in [7, 11) is 0. The standard InChI is InChI=1S/C19H23N3O2S3/c1-11(2)6-7-20-15(23)10-26-12(3)17-21-18(24)16-13(9-27-19(16)22-17)14-5-4-8-25-14/h4-5,8-9,11-12H,6-7,10H2,1-3H3,(H,20,23)(H,21,22,24)/t12-/m1/s1. The summed E-state index contributed by atoms with van der Waals surface area (Å²) in [6.45, 7) is 6.93. The van der Waals surface area contributed by atoms with E-state index in [0.717, 1.165) is 21.7 Å². The number of thioether (sulfide) groups is 1. The lowest BCUT2D eigenvalue weighted by Gasteiger charge is -2.11. The maximum absolute atomic E-state index is 12.7. The van der Waals surface area contributed by atoms with Gasteiger partial charge in [0, 0.05) is 22.4 Å². The average molecular weight is 422 g/mol. The molecule has 0 fully saturated rings. The number of rotatable bonds is 8. The zero-order chi connectivity index (χ0) is 19.4. The van der Waals surface area contributed by atoms with Gasteiger partial charge in [0.2, 0.25) is 5.91 Å². The number of nitrogens with zero attached hydrogens (tertiary/aromatic N) is 1. The summed E-state index contributed by atoms with van der Waals surface area (Å²) in [4.78, 5) is 34.0. The third-order valence-electron chi connectivity index (χ3n) is 4.14. The van der Waals surface area contributed by atoms with Gasteiger partial charge < -0.3 is 10.3 Å². The van der Waals surface area contributed by atoms with Crippen molar-refractivity contribution in [3.8, 4) is 10.4 Å². The Morgan fingerprint density at radius 1 is 1.33 bits per heavy atom. The minimum atomic E-state index is -0.117. The van der Waals surface area contributed by atoms with Crippen LogP contribution < -0.4 is 10.9 Å². The van der Waals surface area contributed by atoms with Crippen molar-refractivity contribution < 1.29 is 4.79 Å². The normalized spacial score (nSPS) is 12.6. The van der Waals surface area contributed by atoms with Crippen LogP contribution in [0.3, 0.4) is 0 Å². The molecule has 0 unspecified atom stereocenters. The van der Waals surface area contributed by atoms with Crippen molar-refractivity contribution in [2.75, 3.05) is 12.3 Å². The highest BCUT2D eigenvalue weighted by atomic mass is 32.2. The number of fused-ring (bicyclic) bond motifs is 1. The Balaban J connectivity index is 1.68. The smallest absolute Gasteiger partial charge is 0.260 e. The monoisotopic (exact) mass is 421 g/mol. The summed E-state index contributed by atoms with van der Waals surface area (Å²) in [5, 5.41) is 7.50. The second-order valence-corrected chi connectivity index (χ2v) is 9.88. The van der Waals surface area contributed by atoms with E-state index in [-0.39, 0.29) is 16.7 Å². The molecule has 0 aliphatic carbocycles. The van der Waals surface area contributed by atoms with Gasteiger partial charge in [0.15, 0.2) is 0 Å². The summed E-state index contributed by atoms with van der Waals surface area (Å²) in [5.41, 5.74) is 0.823. The molecule has 3 aromatic rings. The van der Waals surface area contributed by atoms with Gasteiger partial charge in [0.05, 0.1) is 16.4 Å². The maximum Gasteiger partial charge on any atom is 0.260 e. The van der Waals surface area contributed by atoms with Crippen molar-refractivity contribution in [3.05, 3.63) is 39.1 Å². The molecule has 8 heteroatoms. The fourth-order valence-electron chi connectivity index (χ4n) is 2.60. The largest absolute Gasteiger partial charge is 0.355 e. The summed E-state index contributed by atoms with van der Waals surface area (Å²) in [6, 6.07) is 3.99. The van der Waals surface area contributed by atoms with Crippen LogP contribution in [-0.2, 0) is 4.79 Å². The lowest BCUT2D eigenvalue weighted by atomic mass is 10.1. The van der Waals surface area contributed by atoms with E-state index in [9.17, 15) is 9.59 Å². The average Bonchev–Trinajstić information content (AvgIpc) is 3.28. The lowest BCUT2D eigenvalue weighted by Crippen LogP contribution is -2.27. The zero-order valence-electron chi connectivity index (χ0n) is 15.6. The molecule has 0 saturated heterocycles. The first-order valence-electron chi connectivity index (χ1n) is 8.89. The van der Waals surface area contributed by atoms with Crippen molar-refractivity contribution in [2.24, 2.45) is 5.92 Å². The van der Waals surface area contributed by atoms with Crippen molar-refractivity contribution in [3.63, 3.8) is 0 Å². The molecule has 3 aromatic heterocycles. The first kappa shape index (κ1) is 20.1. The zero-order valence-corrected chi connectivity index (χ0v) is 18.0. The van der Waals surface area contributed by atoms with Crippen LogP contribution in [0, 0.1) is 5.92 Å². The third-order valence-corrected chi connectivity index (χ3v) is 7.07. The minimum Gasteiger partial charge on any atom is -0.355 e. The second-order valence-electron chi connectivity index (χ2n) is 6.74. The van der Waals surface area contributed by atoms with Crippen molar-refractivity contribution in [2.45, 2.75) is 32.4 Å². The molecule has 0 aliphatic heterocycles. The number of carbonyl (C=O) groups is 1. The Morgan fingerprint density at radius 3 is 2.85 bits per heavy atom. The van der Waals surface area contributed by atoms with Crippen molar-refractivity contribution in [1.82, 2.24) is 15.3 Å². The lowest BCUT2D eigenvalue weighted by molar-refractivity contribution is -0.118. The van der Waals surface area contributed by atoms with E-state index in [0.29, 0.717) is 29.4 Å². The summed E-state index contributed by atoms with van der Waals surface area (Å²) in [5.74, 6) is 1.56. The Morgan fingerprint density at radius 2 is 2.15 bits per heavy atom. The molecule has 0 radical (unpaired) electrons. The van der Waals surface area contributed by atoms with E-state index in [1.54, 1.807) is 11.3 Å². The summed E-state index contributed by atoms with van der Waals surface area (Å²) >= 11 is 4.57. The molecule has 0 bridgehead atoms. The number of amides is 1. The molecular formula is C19H23N3O2S3. The van der Waals surface area contributed by atoms with Crippen LogP contribution in [0.5, 0.6) is 0 Å². The second kappa shape index (κ2) is 9.03. The number of thiophene rings is 2. The van der Waals surface area contributed by atoms with Crippen LogP contribution in [0.4, 0.5) is 0 Å². The molecule has 0 aromatic carbocycles. The van der Waals surface area contributed by atoms with Gasteiger partial charge in [-0.2, -0.15) is 0 Å². The van der Waals surface area contributed by atoms with Gasteiger partial charge in [-0.3, -0.25) is 9.59 Å². The Hall–Kier alpha value is -1.64. The molecule has 0 spiro atoms. The predicted octanol–water partition coefficient (Wildman–Crippen LogP) is 4.67. The van der Waals surface area contributed by atoms with Gasteiger partial charge in [-0.1, -0.05) is 19.9 Å². The Kier molecular flexibility index (Phi) is 6.73. The topological polar surface area (TPSA) is 74.8 Å². The van der Waals surface area contributed by atoms with Gasteiger partial charge in [0.1, 0.15) is 10.7 Å². The van der Waals surface area contributed by atoms with E-state index in [4.69, 9.17) is 0 Å². The molecule has 3 rings (SSSR count). The Labute approximate surface area is 170 Å². The highest BCUT2D eigenvalue weighted by molar-refractivity contribution is 8.00. The summed E-state index contributed by atoms with van der Waals surface area (Å²) < 4.78 is 0. The maximum atomic E-state index is 12.7. The van der Waals surface area contributed by atoms with Gasteiger partial charge in [-0.25, -0.2) is 4.98 Å². The van der Waals surface area contributed by atoms with Crippen molar-refractivity contribution >= 4 is 50.6 Å². The van der Waals surface area contributed by atoms with Gasteiger partial charge in [0.25, 0.3) is 5.56 Å². The van der Waals surface area contributed by atoms with Gasteiger partial charge >= 0.3 is 0 Å². The molecule has 2 N–H and O–H groups in total. The van der Waals surface area contributed by atoms with E-state index < -0.39 is 0 Å². The molecule has 0 saturated carbocycles. The molecule has 1 atom stereocenters. The van der Waals surface area contributed by atoms with Crippen LogP contribution in [0.2, 0.25) is 0 Å². The molecule has 0 aliphatic rings. The number of hydrogen-bond donors (Lipinski definition) is 2. The van der Waals surface area contributed by atoms with Gasteiger partial charge in [-0.05, 0) is 30.7 Å². The van der Waals surface area contributed by atoms with Crippen LogP contribution in [0.25, 0.3) is 20.7 Å². The number of H-pyrrole nitrogens is 1. The van der Waals surface area contributed by atoms with E-state index in [1.807, 2.05) is 29.8 Å². The summed E-state index contributed by atoms with van der Waals surface area (Å²) in [6.07, 6.45) is 0.975. The molecule has 5 nitrogen and oxygen atoms in total. The fraction of sp³-hybridized carbons (Fsp3) is 0.421. The minimum absolute atomic E-state index is 0.0204. The molecular weight excluding hydrogens is 398 g/mol. The molecule has 144 valence electrons. The first-order valence-corrected chi connectivity index (χ1v) is 11.7. The van der Waals surface area contributed by atoms with Gasteiger partial charge in [-0.15, -0.1) is 34.4 Å². The number of aromatic nitrogens is 2. The van der Waals surface area contributed by atoms with Crippen LogP contribution in [0.15, 0.2) is 27.7 Å².